The third-order valence-electron chi connectivity index (χ3n) is 3.19. The van der Waals surface area contributed by atoms with Gasteiger partial charge in [-0.25, -0.2) is 4.68 Å². The van der Waals surface area contributed by atoms with Crippen LogP contribution in [0.5, 0.6) is 0 Å². The normalized spacial score (nSPS) is 12.4. The molecule has 1 N–H and O–H groups in total. The van der Waals surface area contributed by atoms with Gasteiger partial charge in [0, 0.05) is 19.0 Å². The van der Waals surface area contributed by atoms with Crippen molar-refractivity contribution in [3.8, 4) is 0 Å². The zero-order chi connectivity index (χ0) is 14.9. The van der Waals surface area contributed by atoms with Crippen LogP contribution in [0.15, 0.2) is 4.52 Å². The average Bonchev–Trinajstić information content (AvgIpc) is 2.82. The van der Waals surface area contributed by atoms with E-state index in [1.807, 2.05) is 20.8 Å². The van der Waals surface area contributed by atoms with Crippen molar-refractivity contribution in [3.05, 3.63) is 22.8 Å². The zero-order valence-electron chi connectivity index (χ0n) is 12.4. The molecule has 0 aliphatic carbocycles. The summed E-state index contributed by atoms with van der Waals surface area (Å²) in [6, 6.07) is 0. The van der Waals surface area contributed by atoms with Crippen molar-refractivity contribution in [1.29, 1.82) is 0 Å². The maximum atomic E-state index is 12.1. The summed E-state index contributed by atoms with van der Waals surface area (Å²) in [5.41, 5.74) is 1.83. The lowest BCUT2D eigenvalue weighted by Gasteiger charge is -2.10. The number of rotatable bonds is 4. The predicted octanol–water partition coefficient (Wildman–Crippen LogP) is 1.86. The molecule has 0 saturated carbocycles. The van der Waals surface area contributed by atoms with Crippen LogP contribution in [0.3, 0.4) is 0 Å². The standard InChI is InChI=1S/C13H19N5O2/c1-7(12-8(2)17-20-9(12)3)6-11(19)15-13-14-10(4)16-18(13)5/h7H,6H2,1-5H3,(H,14,15,16,19). The molecule has 2 rings (SSSR count). The van der Waals surface area contributed by atoms with Gasteiger partial charge >= 0.3 is 0 Å². The van der Waals surface area contributed by atoms with E-state index >= 15 is 0 Å². The van der Waals surface area contributed by atoms with Gasteiger partial charge in [0.1, 0.15) is 11.6 Å². The van der Waals surface area contributed by atoms with Gasteiger partial charge in [-0.3, -0.25) is 10.1 Å². The van der Waals surface area contributed by atoms with E-state index in [0.717, 1.165) is 17.0 Å². The van der Waals surface area contributed by atoms with Crippen LogP contribution in [0.1, 0.15) is 42.1 Å². The molecule has 20 heavy (non-hydrogen) atoms. The summed E-state index contributed by atoms with van der Waals surface area (Å²) in [5, 5.41) is 10.8. The van der Waals surface area contributed by atoms with Crippen LogP contribution in [0.25, 0.3) is 0 Å². The SMILES string of the molecule is Cc1nc(NC(=O)CC(C)c2c(C)noc2C)n(C)n1. The Labute approximate surface area is 117 Å². The smallest absolute Gasteiger partial charge is 0.227 e. The van der Waals surface area contributed by atoms with E-state index < -0.39 is 0 Å². The fraction of sp³-hybridized carbons (Fsp3) is 0.538. The quantitative estimate of drug-likeness (QED) is 0.921. The molecule has 1 amide bonds. The molecule has 108 valence electrons. The fourth-order valence-electron chi connectivity index (χ4n) is 2.37. The molecular formula is C13H19N5O2. The molecule has 7 heteroatoms. The first-order valence-corrected chi connectivity index (χ1v) is 6.48. The Morgan fingerprint density at radius 3 is 2.60 bits per heavy atom. The lowest BCUT2D eigenvalue weighted by molar-refractivity contribution is -0.116. The van der Waals surface area contributed by atoms with Gasteiger partial charge in [0.25, 0.3) is 0 Å². The van der Waals surface area contributed by atoms with E-state index in [4.69, 9.17) is 4.52 Å². The molecule has 0 spiro atoms. The van der Waals surface area contributed by atoms with Gasteiger partial charge in [-0.1, -0.05) is 12.1 Å². The molecule has 0 radical (unpaired) electrons. The van der Waals surface area contributed by atoms with Gasteiger partial charge < -0.3 is 4.52 Å². The van der Waals surface area contributed by atoms with Crippen molar-refractivity contribution in [2.75, 3.05) is 5.32 Å². The summed E-state index contributed by atoms with van der Waals surface area (Å²) in [4.78, 5) is 16.2. The summed E-state index contributed by atoms with van der Waals surface area (Å²) in [7, 11) is 1.74. The van der Waals surface area contributed by atoms with E-state index in [2.05, 4.69) is 20.6 Å². The minimum Gasteiger partial charge on any atom is -0.361 e. The molecule has 2 heterocycles. The van der Waals surface area contributed by atoms with Gasteiger partial charge in [-0.2, -0.15) is 10.1 Å². The number of anilines is 1. The minimum atomic E-state index is -0.104. The number of hydrogen-bond donors (Lipinski definition) is 1. The van der Waals surface area contributed by atoms with Crippen molar-refractivity contribution >= 4 is 11.9 Å². The van der Waals surface area contributed by atoms with Gasteiger partial charge in [0.05, 0.1) is 5.69 Å². The van der Waals surface area contributed by atoms with Crippen molar-refractivity contribution in [1.82, 2.24) is 19.9 Å². The number of nitrogens with zero attached hydrogens (tertiary/aromatic N) is 4. The first-order chi connectivity index (χ1) is 9.38. The highest BCUT2D eigenvalue weighted by atomic mass is 16.5. The summed E-state index contributed by atoms with van der Waals surface area (Å²) < 4.78 is 6.68. The maximum Gasteiger partial charge on any atom is 0.227 e. The van der Waals surface area contributed by atoms with Crippen LogP contribution in [-0.2, 0) is 11.8 Å². The van der Waals surface area contributed by atoms with E-state index in [9.17, 15) is 4.79 Å². The number of aromatic nitrogens is 4. The first kappa shape index (κ1) is 14.2. The maximum absolute atomic E-state index is 12.1. The van der Waals surface area contributed by atoms with E-state index in [1.165, 1.54) is 0 Å². The monoisotopic (exact) mass is 277 g/mol. The Bertz CT molecular complexity index is 609. The molecule has 2 aromatic heterocycles. The molecule has 0 saturated heterocycles. The lowest BCUT2D eigenvalue weighted by Crippen LogP contribution is -2.17. The van der Waals surface area contributed by atoms with E-state index in [0.29, 0.717) is 18.2 Å². The number of aryl methyl sites for hydroxylation is 4. The minimum absolute atomic E-state index is 0.0376. The Kier molecular flexibility index (Phi) is 3.87. The number of amides is 1. The lowest BCUT2D eigenvalue weighted by atomic mass is 9.96. The summed E-state index contributed by atoms with van der Waals surface area (Å²) in [5.74, 6) is 1.78. The molecule has 1 unspecified atom stereocenters. The average molecular weight is 277 g/mol. The molecule has 0 aliphatic heterocycles. The third-order valence-corrected chi connectivity index (χ3v) is 3.19. The summed E-state index contributed by atoms with van der Waals surface area (Å²) >= 11 is 0. The first-order valence-electron chi connectivity index (χ1n) is 6.48. The van der Waals surface area contributed by atoms with Crippen LogP contribution < -0.4 is 5.32 Å². The fourth-order valence-corrected chi connectivity index (χ4v) is 2.37. The van der Waals surface area contributed by atoms with Gasteiger partial charge in [-0.15, -0.1) is 0 Å². The molecule has 0 aromatic carbocycles. The van der Waals surface area contributed by atoms with Crippen molar-refractivity contribution in [3.63, 3.8) is 0 Å². The Balaban J connectivity index is 2.03. The van der Waals surface area contributed by atoms with E-state index in [1.54, 1.807) is 18.7 Å². The third kappa shape index (κ3) is 2.87. The molecular weight excluding hydrogens is 258 g/mol. The second-order valence-corrected chi connectivity index (χ2v) is 5.00. The Morgan fingerprint density at radius 2 is 2.10 bits per heavy atom. The van der Waals surface area contributed by atoms with Crippen LogP contribution in [-0.4, -0.2) is 25.8 Å². The van der Waals surface area contributed by atoms with Crippen LogP contribution in [0.2, 0.25) is 0 Å². The second kappa shape index (κ2) is 5.44. The topological polar surface area (TPSA) is 85.8 Å². The van der Waals surface area contributed by atoms with Gasteiger partial charge in [0.15, 0.2) is 0 Å². The predicted molar refractivity (Wildman–Crippen MR) is 73.4 cm³/mol. The highest BCUT2D eigenvalue weighted by molar-refractivity contribution is 5.89. The zero-order valence-corrected chi connectivity index (χ0v) is 12.4. The van der Waals surface area contributed by atoms with Crippen LogP contribution in [0.4, 0.5) is 5.95 Å². The number of hydrogen-bond acceptors (Lipinski definition) is 5. The van der Waals surface area contributed by atoms with Gasteiger partial charge in [-0.05, 0) is 26.7 Å². The number of carbonyl (C=O) groups excluding carboxylic acids is 1. The largest absolute Gasteiger partial charge is 0.361 e. The van der Waals surface area contributed by atoms with Crippen molar-refractivity contribution in [2.45, 2.75) is 40.0 Å². The number of carbonyl (C=O) groups is 1. The highest BCUT2D eigenvalue weighted by Crippen LogP contribution is 2.25. The van der Waals surface area contributed by atoms with Crippen molar-refractivity contribution < 1.29 is 9.32 Å². The molecule has 0 bridgehead atoms. The molecule has 0 fully saturated rings. The molecule has 7 nitrogen and oxygen atoms in total. The van der Waals surface area contributed by atoms with Crippen LogP contribution in [0, 0.1) is 20.8 Å². The Hall–Kier alpha value is -2.18. The second-order valence-electron chi connectivity index (χ2n) is 5.00. The van der Waals surface area contributed by atoms with E-state index in [-0.39, 0.29) is 11.8 Å². The van der Waals surface area contributed by atoms with Crippen molar-refractivity contribution in [2.24, 2.45) is 7.05 Å². The Morgan fingerprint density at radius 1 is 1.40 bits per heavy atom. The number of nitrogens with one attached hydrogen (secondary N) is 1. The molecule has 2 aromatic rings. The molecule has 1 atom stereocenters. The summed E-state index contributed by atoms with van der Waals surface area (Å²) in [6.07, 6.45) is 0.342. The van der Waals surface area contributed by atoms with Crippen LogP contribution >= 0.6 is 0 Å². The highest BCUT2D eigenvalue weighted by Gasteiger charge is 2.20. The molecule has 0 aliphatic rings. The van der Waals surface area contributed by atoms with Gasteiger partial charge in [0.2, 0.25) is 11.9 Å². The summed E-state index contributed by atoms with van der Waals surface area (Å²) in [6.45, 7) is 7.50.